The van der Waals surface area contributed by atoms with E-state index in [-0.39, 0.29) is 18.1 Å². The van der Waals surface area contributed by atoms with E-state index < -0.39 is 0 Å². The molecule has 0 amide bonds. The highest BCUT2D eigenvalue weighted by Crippen LogP contribution is 2.31. The van der Waals surface area contributed by atoms with Gasteiger partial charge in [-0.25, -0.2) is 4.98 Å². The number of halogens is 1. The molecule has 3 rings (SSSR count). The summed E-state index contributed by atoms with van der Waals surface area (Å²) in [6, 6.07) is 11.1. The van der Waals surface area contributed by atoms with E-state index in [1.807, 2.05) is 44.2 Å². The van der Waals surface area contributed by atoms with E-state index in [9.17, 15) is 9.90 Å². The van der Waals surface area contributed by atoms with E-state index in [0.717, 1.165) is 22.3 Å². The summed E-state index contributed by atoms with van der Waals surface area (Å²) in [6.45, 7) is 3.71. The molecule has 2 aromatic carbocycles. The number of carbonyl (C=O) groups excluding carboxylic acids is 1. The molecule has 0 atom stereocenters. The fourth-order valence-electron chi connectivity index (χ4n) is 2.54. The van der Waals surface area contributed by atoms with Crippen LogP contribution in [0.3, 0.4) is 0 Å². The number of benzene rings is 2. The lowest BCUT2D eigenvalue weighted by Gasteiger charge is -2.04. The van der Waals surface area contributed by atoms with Gasteiger partial charge in [-0.05, 0) is 48.7 Å². The number of thiazole rings is 1. The molecular formula is C20H17ClN2O2S. The first kappa shape index (κ1) is 18.3. The number of aliphatic imine (C=N–C) groups is 1. The molecule has 1 aromatic heterocycles. The van der Waals surface area contributed by atoms with Crippen molar-refractivity contribution in [1.82, 2.24) is 4.98 Å². The van der Waals surface area contributed by atoms with Crippen LogP contribution in [-0.4, -0.2) is 28.6 Å². The van der Waals surface area contributed by atoms with E-state index in [1.165, 1.54) is 11.3 Å². The van der Waals surface area contributed by atoms with Crippen molar-refractivity contribution >= 4 is 34.9 Å². The summed E-state index contributed by atoms with van der Waals surface area (Å²) < 4.78 is 0. The Labute approximate surface area is 160 Å². The predicted octanol–water partition coefficient (Wildman–Crippen LogP) is 5.09. The van der Waals surface area contributed by atoms with Gasteiger partial charge in [0.15, 0.2) is 5.78 Å². The second-order valence-electron chi connectivity index (χ2n) is 5.91. The molecule has 4 nitrogen and oxygen atoms in total. The molecule has 3 aromatic rings. The molecule has 6 heteroatoms. The number of nitrogens with zero attached hydrogens (tertiary/aromatic N) is 2. The van der Waals surface area contributed by atoms with Gasteiger partial charge in [0, 0.05) is 18.0 Å². The minimum absolute atomic E-state index is 0.0448. The van der Waals surface area contributed by atoms with E-state index in [1.54, 1.807) is 18.5 Å². The Balaban J connectivity index is 1.70. The van der Waals surface area contributed by atoms with Crippen LogP contribution in [0.2, 0.25) is 5.02 Å². The zero-order valence-corrected chi connectivity index (χ0v) is 15.9. The number of phenolic OH excluding ortho intramolecular Hbond substituents is 1. The van der Waals surface area contributed by atoms with Crippen LogP contribution < -0.4 is 0 Å². The molecule has 0 aliphatic rings. The minimum atomic E-state index is -0.0933. The lowest BCUT2D eigenvalue weighted by molar-refractivity contribution is 0.101. The molecule has 0 aliphatic heterocycles. The summed E-state index contributed by atoms with van der Waals surface area (Å²) in [6.07, 6.45) is 3.21. The second-order valence-corrected chi connectivity index (χ2v) is 7.34. The average Bonchev–Trinajstić information content (AvgIpc) is 3.10. The number of aromatic nitrogens is 1. The third-order valence-corrected chi connectivity index (χ3v) is 5.27. The van der Waals surface area contributed by atoms with Gasteiger partial charge in [0.25, 0.3) is 0 Å². The van der Waals surface area contributed by atoms with Crippen LogP contribution in [0.25, 0.3) is 10.6 Å². The highest BCUT2D eigenvalue weighted by Gasteiger charge is 2.13. The molecule has 0 aliphatic carbocycles. The Morgan fingerprint density at radius 2 is 1.96 bits per heavy atom. The van der Waals surface area contributed by atoms with E-state index in [4.69, 9.17) is 11.6 Å². The van der Waals surface area contributed by atoms with Crippen molar-refractivity contribution in [2.75, 3.05) is 6.54 Å². The Morgan fingerprint density at radius 1 is 1.27 bits per heavy atom. The number of carbonyl (C=O) groups is 1. The van der Waals surface area contributed by atoms with Gasteiger partial charge in [-0.3, -0.25) is 9.79 Å². The maximum atomic E-state index is 12.3. The summed E-state index contributed by atoms with van der Waals surface area (Å²) in [7, 11) is 0. The van der Waals surface area contributed by atoms with E-state index in [0.29, 0.717) is 14.9 Å². The number of phenols is 1. The maximum absolute atomic E-state index is 12.3. The Morgan fingerprint density at radius 3 is 2.65 bits per heavy atom. The van der Waals surface area contributed by atoms with Gasteiger partial charge in [-0.1, -0.05) is 29.8 Å². The summed E-state index contributed by atoms with van der Waals surface area (Å²) in [5, 5.41) is 11.1. The topological polar surface area (TPSA) is 62.5 Å². The fraction of sp³-hybridized carbons (Fsp3) is 0.150. The fourth-order valence-corrected chi connectivity index (χ4v) is 3.70. The van der Waals surface area contributed by atoms with E-state index >= 15 is 0 Å². The number of hydrogen-bond donors (Lipinski definition) is 1. The normalized spacial score (nSPS) is 11.2. The van der Waals surface area contributed by atoms with Gasteiger partial charge in [-0.15, -0.1) is 11.3 Å². The molecule has 0 saturated heterocycles. The van der Waals surface area contributed by atoms with Crippen molar-refractivity contribution in [3.05, 3.63) is 69.2 Å². The number of ketones is 1. The van der Waals surface area contributed by atoms with Crippen LogP contribution in [0, 0.1) is 13.8 Å². The molecule has 132 valence electrons. The molecule has 0 radical (unpaired) electrons. The molecule has 0 saturated carbocycles. The highest BCUT2D eigenvalue weighted by molar-refractivity contribution is 7.17. The standard InChI is InChI=1S/C20H17ClN2O2S/c1-12-7-14(8-13(2)19(12)25)9-22-10-17(24)18-11-23-20(26-18)15-5-3-4-6-16(15)21/h3-9,11,25H,10H2,1-2H3. The molecule has 0 fully saturated rings. The second kappa shape index (κ2) is 7.81. The van der Waals surface area contributed by atoms with Crippen LogP contribution in [0.15, 0.2) is 47.6 Å². The monoisotopic (exact) mass is 384 g/mol. The quantitative estimate of drug-likeness (QED) is 0.492. The lowest BCUT2D eigenvalue weighted by atomic mass is 10.1. The van der Waals surface area contributed by atoms with Crippen LogP contribution in [0.5, 0.6) is 5.75 Å². The first-order chi connectivity index (χ1) is 12.5. The average molecular weight is 385 g/mol. The maximum Gasteiger partial charge on any atom is 0.195 e. The molecule has 26 heavy (non-hydrogen) atoms. The molecule has 0 unspecified atom stereocenters. The molecule has 0 spiro atoms. The van der Waals surface area contributed by atoms with Crippen LogP contribution >= 0.6 is 22.9 Å². The number of hydrogen-bond acceptors (Lipinski definition) is 5. The Hall–Kier alpha value is -2.50. The highest BCUT2D eigenvalue weighted by atomic mass is 35.5. The smallest absolute Gasteiger partial charge is 0.195 e. The van der Waals surface area contributed by atoms with Crippen LogP contribution in [-0.2, 0) is 0 Å². The minimum Gasteiger partial charge on any atom is -0.507 e. The Kier molecular flexibility index (Phi) is 5.49. The van der Waals surface area contributed by atoms with Gasteiger partial charge < -0.3 is 5.11 Å². The first-order valence-electron chi connectivity index (χ1n) is 7.99. The van der Waals surface area contributed by atoms with E-state index in [2.05, 4.69) is 9.98 Å². The van der Waals surface area contributed by atoms with Crippen molar-refractivity contribution in [3.8, 4) is 16.3 Å². The number of Topliss-reactive ketones (excluding diaryl/α,β-unsaturated/α-hetero) is 1. The summed E-state index contributed by atoms with van der Waals surface area (Å²) in [5.74, 6) is 0.194. The molecule has 1 N–H and O–H groups in total. The van der Waals surface area contributed by atoms with Gasteiger partial charge in [-0.2, -0.15) is 0 Å². The zero-order valence-electron chi connectivity index (χ0n) is 14.4. The molecule has 1 heterocycles. The Bertz CT molecular complexity index is 972. The molecular weight excluding hydrogens is 368 g/mol. The molecule has 0 bridgehead atoms. The van der Waals surface area contributed by atoms with Gasteiger partial charge >= 0.3 is 0 Å². The number of aromatic hydroxyl groups is 1. The van der Waals surface area contributed by atoms with Crippen molar-refractivity contribution in [2.24, 2.45) is 4.99 Å². The summed E-state index contributed by atoms with van der Waals surface area (Å²) in [4.78, 5) is 21.4. The largest absolute Gasteiger partial charge is 0.507 e. The van der Waals surface area contributed by atoms with Crippen molar-refractivity contribution in [2.45, 2.75) is 13.8 Å². The lowest BCUT2D eigenvalue weighted by Crippen LogP contribution is -2.01. The third kappa shape index (κ3) is 4.00. The van der Waals surface area contributed by atoms with Gasteiger partial charge in [0.05, 0.1) is 9.90 Å². The SMILES string of the molecule is Cc1cc(C=NCC(=O)c2cnc(-c3ccccc3Cl)s2)cc(C)c1O. The van der Waals surface area contributed by atoms with Gasteiger partial charge in [0.2, 0.25) is 0 Å². The van der Waals surface area contributed by atoms with Crippen LogP contribution in [0.4, 0.5) is 0 Å². The summed E-state index contributed by atoms with van der Waals surface area (Å²) >= 11 is 7.49. The van der Waals surface area contributed by atoms with Crippen molar-refractivity contribution < 1.29 is 9.90 Å². The van der Waals surface area contributed by atoms with Crippen LogP contribution in [0.1, 0.15) is 26.4 Å². The predicted molar refractivity (Wildman–Crippen MR) is 107 cm³/mol. The first-order valence-corrected chi connectivity index (χ1v) is 9.19. The zero-order chi connectivity index (χ0) is 18.7. The van der Waals surface area contributed by atoms with Gasteiger partial charge in [0.1, 0.15) is 17.3 Å². The third-order valence-electron chi connectivity index (χ3n) is 3.87. The van der Waals surface area contributed by atoms with Crippen molar-refractivity contribution in [3.63, 3.8) is 0 Å². The number of aryl methyl sites for hydroxylation is 2. The van der Waals surface area contributed by atoms with Crippen molar-refractivity contribution in [1.29, 1.82) is 0 Å². The number of rotatable bonds is 5. The summed E-state index contributed by atoms with van der Waals surface area (Å²) in [5.41, 5.74) is 3.23.